The molecule has 33 heavy (non-hydrogen) atoms. The SMILES string of the molecule is CN(C)c1cc(-c2cn(C)nc2-c2ccc(OCc3ccc4ccccc4n3)cc2)ccn1. The van der Waals surface area contributed by atoms with Crippen LogP contribution in [0.2, 0.25) is 0 Å². The van der Waals surface area contributed by atoms with Gasteiger partial charge in [0.2, 0.25) is 0 Å². The Morgan fingerprint density at radius 1 is 0.909 bits per heavy atom. The second-order valence-corrected chi connectivity index (χ2v) is 8.17. The van der Waals surface area contributed by atoms with Crippen LogP contribution in [-0.4, -0.2) is 33.8 Å². The zero-order chi connectivity index (χ0) is 22.8. The summed E-state index contributed by atoms with van der Waals surface area (Å²) in [6.07, 6.45) is 3.87. The molecule has 0 radical (unpaired) electrons. The number of fused-ring (bicyclic) bond motifs is 1. The maximum absolute atomic E-state index is 5.99. The lowest BCUT2D eigenvalue weighted by Gasteiger charge is -2.12. The number of hydrogen-bond donors (Lipinski definition) is 0. The Hall–Kier alpha value is -4.19. The van der Waals surface area contributed by atoms with Crippen LogP contribution in [0.15, 0.2) is 85.2 Å². The molecule has 0 aliphatic rings. The number of nitrogens with zero attached hydrogens (tertiary/aromatic N) is 5. The topological polar surface area (TPSA) is 56.1 Å². The number of ether oxygens (including phenoxy) is 1. The molecule has 0 spiro atoms. The van der Waals surface area contributed by atoms with Gasteiger partial charge in [-0.05, 0) is 54.1 Å². The van der Waals surface area contributed by atoms with E-state index in [-0.39, 0.29) is 0 Å². The van der Waals surface area contributed by atoms with E-state index in [2.05, 4.69) is 28.2 Å². The molecule has 0 saturated heterocycles. The number of rotatable bonds is 6. The molecule has 0 aliphatic heterocycles. The van der Waals surface area contributed by atoms with E-state index in [9.17, 15) is 0 Å². The number of anilines is 1. The van der Waals surface area contributed by atoms with Crippen molar-refractivity contribution in [3.05, 3.63) is 90.9 Å². The molecule has 0 fully saturated rings. The number of pyridine rings is 2. The van der Waals surface area contributed by atoms with Crippen molar-refractivity contribution in [3.8, 4) is 28.1 Å². The highest BCUT2D eigenvalue weighted by Gasteiger charge is 2.13. The van der Waals surface area contributed by atoms with Crippen LogP contribution in [0.5, 0.6) is 5.75 Å². The predicted octanol–water partition coefficient (Wildman–Crippen LogP) is 5.34. The molecule has 5 rings (SSSR count). The lowest BCUT2D eigenvalue weighted by molar-refractivity contribution is 0.302. The van der Waals surface area contributed by atoms with Gasteiger partial charge < -0.3 is 9.64 Å². The molecule has 2 aromatic carbocycles. The number of hydrogen-bond acceptors (Lipinski definition) is 5. The van der Waals surface area contributed by atoms with Gasteiger partial charge in [0.25, 0.3) is 0 Å². The first-order chi connectivity index (χ1) is 16.1. The van der Waals surface area contributed by atoms with E-state index in [4.69, 9.17) is 9.84 Å². The van der Waals surface area contributed by atoms with Crippen molar-refractivity contribution in [3.63, 3.8) is 0 Å². The molecule has 164 valence electrons. The first-order valence-electron chi connectivity index (χ1n) is 10.8. The molecular weight excluding hydrogens is 410 g/mol. The van der Waals surface area contributed by atoms with Crippen LogP contribution < -0.4 is 9.64 Å². The van der Waals surface area contributed by atoms with Crippen molar-refractivity contribution in [1.29, 1.82) is 0 Å². The maximum atomic E-state index is 5.99. The third kappa shape index (κ3) is 4.41. The predicted molar refractivity (Wildman–Crippen MR) is 132 cm³/mol. The highest BCUT2D eigenvalue weighted by atomic mass is 16.5. The average molecular weight is 436 g/mol. The summed E-state index contributed by atoms with van der Waals surface area (Å²) in [6, 6.07) is 24.3. The van der Waals surface area contributed by atoms with E-state index < -0.39 is 0 Å². The van der Waals surface area contributed by atoms with Gasteiger partial charge in [-0.2, -0.15) is 5.10 Å². The van der Waals surface area contributed by atoms with Gasteiger partial charge in [0.05, 0.1) is 11.2 Å². The molecule has 3 heterocycles. The quantitative estimate of drug-likeness (QED) is 0.360. The standard InChI is InChI=1S/C27H25N5O/c1-31(2)26-16-21(14-15-28-26)24-17-32(3)30-27(24)20-9-12-23(13-10-20)33-18-22-11-8-19-6-4-5-7-25(19)29-22/h4-17H,18H2,1-3H3. The van der Waals surface area contributed by atoms with Crippen molar-refractivity contribution in [2.45, 2.75) is 6.61 Å². The molecule has 0 unspecified atom stereocenters. The smallest absolute Gasteiger partial charge is 0.130 e. The van der Waals surface area contributed by atoms with E-state index in [0.29, 0.717) is 6.61 Å². The first kappa shape index (κ1) is 20.7. The summed E-state index contributed by atoms with van der Waals surface area (Å²) in [5.41, 5.74) is 5.99. The molecule has 0 atom stereocenters. The van der Waals surface area contributed by atoms with E-state index in [1.165, 1.54) is 0 Å². The fourth-order valence-electron chi connectivity index (χ4n) is 3.80. The van der Waals surface area contributed by atoms with Crippen LogP contribution >= 0.6 is 0 Å². The van der Waals surface area contributed by atoms with Gasteiger partial charge in [-0.15, -0.1) is 0 Å². The molecule has 0 bridgehead atoms. The Bertz CT molecular complexity index is 1410. The lowest BCUT2D eigenvalue weighted by atomic mass is 10.0. The van der Waals surface area contributed by atoms with Crippen LogP contribution in [0.3, 0.4) is 0 Å². The van der Waals surface area contributed by atoms with Crippen molar-refractivity contribution in [2.24, 2.45) is 7.05 Å². The van der Waals surface area contributed by atoms with Crippen molar-refractivity contribution in [2.75, 3.05) is 19.0 Å². The molecule has 0 aliphatic carbocycles. The minimum atomic E-state index is 0.420. The second kappa shape index (κ2) is 8.74. The van der Waals surface area contributed by atoms with E-state index in [0.717, 1.165) is 50.5 Å². The Labute approximate surface area is 193 Å². The van der Waals surface area contributed by atoms with Crippen LogP contribution in [0.1, 0.15) is 5.69 Å². The van der Waals surface area contributed by atoms with Gasteiger partial charge in [0.15, 0.2) is 0 Å². The highest BCUT2D eigenvalue weighted by molar-refractivity contribution is 5.81. The molecule has 6 nitrogen and oxygen atoms in total. The largest absolute Gasteiger partial charge is 0.487 e. The first-order valence-corrected chi connectivity index (χ1v) is 10.8. The molecule has 0 saturated carbocycles. The Morgan fingerprint density at radius 3 is 2.55 bits per heavy atom. The zero-order valence-corrected chi connectivity index (χ0v) is 18.9. The van der Waals surface area contributed by atoms with E-state index in [1.54, 1.807) is 0 Å². The van der Waals surface area contributed by atoms with Gasteiger partial charge in [-0.1, -0.05) is 24.3 Å². The summed E-state index contributed by atoms with van der Waals surface area (Å²) < 4.78 is 7.84. The molecule has 5 aromatic rings. The van der Waals surface area contributed by atoms with Gasteiger partial charge in [0, 0.05) is 50.0 Å². The minimum absolute atomic E-state index is 0.420. The third-order valence-electron chi connectivity index (χ3n) is 5.51. The van der Waals surface area contributed by atoms with Crippen molar-refractivity contribution in [1.82, 2.24) is 19.7 Å². The molecule has 6 heteroatoms. The minimum Gasteiger partial charge on any atom is -0.487 e. The average Bonchev–Trinajstić information content (AvgIpc) is 3.24. The number of benzene rings is 2. The van der Waals surface area contributed by atoms with Crippen LogP contribution in [0.4, 0.5) is 5.82 Å². The van der Waals surface area contributed by atoms with E-state index in [1.807, 2.05) is 97.7 Å². The third-order valence-corrected chi connectivity index (χ3v) is 5.51. The second-order valence-electron chi connectivity index (χ2n) is 8.17. The van der Waals surface area contributed by atoms with Crippen LogP contribution in [-0.2, 0) is 13.7 Å². The highest BCUT2D eigenvalue weighted by Crippen LogP contribution is 2.32. The van der Waals surface area contributed by atoms with Gasteiger partial charge in [-0.3, -0.25) is 4.68 Å². The maximum Gasteiger partial charge on any atom is 0.130 e. The monoisotopic (exact) mass is 435 g/mol. The molecular formula is C27H25N5O. The van der Waals surface area contributed by atoms with Gasteiger partial charge >= 0.3 is 0 Å². The van der Waals surface area contributed by atoms with Crippen LogP contribution in [0.25, 0.3) is 33.3 Å². The molecule has 3 aromatic heterocycles. The Morgan fingerprint density at radius 2 is 1.73 bits per heavy atom. The fourth-order valence-corrected chi connectivity index (χ4v) is 3.80. The number of aromatic nitrogens is 4. The summed E-state index contributed by atoms with van der Waals surface area (Å²) >= 11 is 0. The fraction of sp³-hybridized carbons (Fsp3) is 0.148. The van der Waals surface area contributed by atoms with Crippen molar-refractivity contribution < 1.29 is 4.74 Å². The zero-order valence-electron chi connectivity index (χ0n) is 18.9. The summed E-state index contributed by atoms with van der Waals surface area (Å²) in [6.45, 7) is 0.420. The van der Waals surface area contributed by atoms with Gasteiger partial charge in [-0.25, -0.2) is 9.97 Å². The number of aryl methyl sites for hydroxylation is 1. The normalized spacial score (nSPS) is 11.0. The van der Waals surface area contributed by atoms with E-state index >= 15 is 0 Å². The van der Waals surface area contributed by atoms with Crippen LogP contribution in [0, 0.1) is 0 Å². The molecule has 0 N–H and O–H groups in total. The molecule has 0 amide bonds. The number of para-hydroxylation sites is 1. The van der Waals surface area contributed by atoms with Crippen molar-refractivity contribution >= 4 is 16.7 Å². The summed E-state index contributed by atoms with van der Waals surface area (Å²) in [7, 11) is 5.92. The lowest BCUT2D eigenvalue weighted by Crippen LogP contribution is -2.10. The summed E-state index contributed by atoms with van der Waals surface area (Å²) in [5, 5.41) is 5.84. The summed E-state index contributed by atoms with van der Waals surface area (Å²) in [5.74, 6) is 1.71. The Balaban J connectivity index is 1.36. The Kier molecular flexibility index (Phi) is 5.48. The van der Waals surface area contributed by atoms with Gasteiger partial charge in [0.1, 0.15) is 23.9 Å². The summed E-state index contributed by atoms with van der Waals surface area (Å²) in [4.78, 5) is 11.1.